The van der Waals surface area contributed by atoms with Crippen LogP contribution in [0.2, 0.25) is 0 Å². The molecule has 9 nitrogen and oxygen atoms in total. The highest BCUT2D eigenvalue weighted by atomic mass is 16.6. The van der Waals surface area contributed by atoms with Crippen molar-refractivity contribution in [2.24, 2.45) is 11.8 Å². The lowest BCUT2D eigenvalue weighted by Gasteiger charge is -2.51. The maximum atomic E-state index is 11.1. The SMILES string of the molecule is CC=C(C)C.CCOC(=O)CN1CCC(C(=O)O)CC1.CNC.CO.C[C@@]1([C@H]2CCCC[C@]23CCO3)CO1.[HH]. The molecule has 1 saturated carbocycles. The Balaban J connectivity index is 0. The average Bonchev–Trinajstić information content (AvgIpc) is 3.64. The van der Waals surface area contributed by atoms with Crippen LogP contribution < -0.4 is 5.32 Å². The maximum absolute atomic E-state index is 11.1. The van der Waals surface area contributed by atoms with Crippen LogP contribution in [-0.4, -0.2) is 98.9 Å². The summed E-state index contributed by atoms with van der Waals surface area (Å²) in [5, 5.41) is 18.5. The topological polar surface area (TPSA) is 121 Å². The van der Waals surface area contributed by atoms with Gasteiger partial charge in [-0.3, -0.25) is 14.5 Å². The van der Waals surface area contributed by atoms with Crippen molar-refractivity contribution in [2.75, 3.05) is 60.7 Å². The van der Waals surface area contributed by atoms with E-state index in [1.165, 1.54) is 37.7 Å². The summed E-state index contributed by atoms with van der Waals surface area (Å²) in [5.74, 6) is -0.525. The lowest BCUT2D eigenvalue weighted by molar-refractivity contribution is -0.209. The van der Waals surface area contributed by atoms with Gasteiger partial charge in [0, 0.05) is 20.9 Å². The molecule has 3 heterocycles. The molecule has 9 heteroatoms. The van der Waals surface area contributed by atoms with E-state index in [0.717, 1.165) is 20.3 Å². The molecule has 3 atom stereocenters. The fraction of sp³-hybridized carbons (Fsp3) is 0.862. The van der Waals surface area contributed by atoms with Crippen molar-refractivity contribution in [3.05, 3.63) is 11.6 Å². The smallest absolute Gasteiger partial charge is 0.320 e. The van der Waals surface area contributed by atoms with E-state index < -0.39 is 5.97 Å². The van der Waals surface area contributed by atoms with Crippen LogP contribution in [0.5, 0.6) is 0 Å². The first-order chi connectivity index (χ1) is 18.1. The first kappa shape index (κ1) is 36.5. The molecule has 4 aliphatic rings. The second kappa shape index (κ2) is 19.5. The normalized spacial score (nSPS) is 27.7. The van der Waals surface area contributed by atoms with Crippen LogP contribution in [0.25, 0.3) is 0 Å². The molecule has 3 N–H and O–H groups in total. The summed E-state index contributed by atoms with van der Waals surface area (Å²) in [7, 11) is 4.75. The number of esters is 1. The van der Waals surface area contributed by atoms with Gasteiger partial charge in [-0.2, -0.15) is 0 Å². The molecule has 4 fully saturated rings. The standard InChI is InChI=1S/C11H18O2.C10H17NO4.C5H10.C2H7N.CH4O.H2/c1-10(8-13-10)9-4-2-3-5-11(9)6-7-12-11;1-2-15-9(12)7-11-5-3-8(4-6-11)10(13)14;1-4-5(2)3;1-3-2;1-2;/h9H,2-8H2,1H3;8H,2-7H2,1H3,(H,13,14);4H,1-3H3;3H,1-2H3;2H,1H3;1H/t9-,10+,11+;;;;;/m1...../s1. The number of carboxylic acid groups (broad SMARTS) is 1. The highest BCUT2D eigenvalue weighted by Crippen LogP contribution is 2.53. The third-order valence-corrected chi connectivity index (χ3v) is 7.40. The zero-order valence-corrected chi connectivity index (χ0v) is 25.3. The van der Waals surface area contributed by atoms with Gasteiger partial charge >= 0.3 is 11.9 Å². The van der Waals surface area contributed by atoms with Crippen molar-refractivity contribution in [2.45, 2.75) is 90.8 Å². The Labute approximate surface area is 232 Å². The van der Waals surface area contributed by atoms with E-state index in [-0.39, 0.29) is 31.1 Å². The average molecular weight is 547 g/mol. The summed E-state index contributed by atoms with van der Waals surface area (Å²) < 4.78 is 16.3. The Bertz CT molecular complexity index is 685. The number of allylic oxidation sites excluding steroid dienone is 2. The Morgan fingerprint density at radius 3 is 2.00 bits per heavy atom. The number of aliphatic hydroxyl groups excluding tert-OH is 1. The van der Waals surface area contributed by atoms with Crippen molar-refractivity contribution < 1.29 is 35.4 Å². The number of hydrogen-bond donors (Lipinski definition) is 3. The second-order valence-corrected chi connectivity index (χ2v) is 10.6. The van der Waals surface area contributed by atoms with Gasteiger partial charge < -0.3 is 29.7 Å². The van der Waals surface area contributed by atoms with Crippen LogP contribution in [0.4, 0.5) is 0 Å². The quantitative estimate of drug-likeness (QED) is 0.265. The maximum Gasteiger partial charge on any atom is 0.320 e. The van der Waals surface area contributed by atoms with Gasteiger partial charge in [0.1, 0.15) is 0 Å². The van der Waals surface area contributed by atoms with Crippen LogP contribution in [0.1, 0.15) is 81.0 Å². The Morgan fingerprint density at radius 2 is 1.63 bits per heavy atom. The van der Waals surface area contributed by atoms with Crippen molar-refractivity contribution in [3.8, 4) is 0 Å². The van der Waals surface area contributed by atoms with E-state index in [2.05, 4.69) is 32.2 Å². The van der Waals surface area contributed by atoms with Crippen molar-refractivity contribution >= 4 is 11.9 Å². The Kier molecular flexibility index (Phi) is 18.7. The molecule has 0 unspecified atom stereocenters. The number of rotatable bonds is 5. The monoisotopic (exact) mass is 546 g/mol. The summed E-state index contributed by atoms with van der Waals surface area (Å²) in [4.78, 5) is 23.8. The van der Waals surface area contributed by atoms with Gasteiger partial charge in [-0.1, -0.05) is 24.5 Å². The lowest BCUT2D eigenvalue weighted by atomic mass is 9.66. The van der Waals surface area contributed by atoms with Gasteiger partial charge in [0.2, 0.25) is 0 Å². The molecular formula is C29H58N2O7. The van der Waals surface area contributed by atoms with E-state index >= 15 is 0 Å². The predicted molar refractivity (Wildman–Crippen MR) is 153 cm³/mol. The van der Waals surface area contributed by atoms with Crippen molar-refractivity contribution in [1.82, 2.24) is 10.2 Å². The Hall–Kier alpha value is -1.52. The number of hydrogen-bond acceptors (Lipinski definition) is 8. The molecule has 1 aliphatic carbocycles. The molecule has 3 aliphatic heterocycles. The molecule has 0 radical (unpaired) electrons. The molecule has 0 aromatic heterocycles. The Morgan fingerprint density at radius 1 is 1.11 bits per heavy atom. The van der Waals surface area contributed by atoms with E-state index in [1.807, 2.05) is 25.9 Å². The molecule has 4 rings (SSSR count). The summed E-state index contributed by atoms with van der Waals surface area (Å²) in [5.41, 5.74) is 1.80. The number of nitrogens with zero attached hydrogens (tertiary/aromatic N) is 1. The molecule has 0 amide bonds. The number of aliphatic carboxylic acids is 1. The number of carbonyl (C=O) groups is 2. The van der Waals surface area contributed by atoms with Crippen molar-refractivity contribution in [1.29, 1.82) is 0 Å². The number of carboxylic acids is 1. The van der Waals surface area contributed by atoms with Gasteiger partial charge in [0.05, 0.1) is 43.5 Å². The number of ether oxygens (including phenoxy) is 3. The van der Waals surface area contributed by atoms with Gasteiger partial charge in [-0.25, -0.2) is 0 Å². The van der Waals surface area contributed by atoms with Crippen LogP contribution in [0, 0.1) is 11.8 Å². The summed E-state index contributed by atoms with van der Waals surface area (Å²) in [6.07, 6.45) is 9.91. The zero-order chi connectivity index (χ0) is 29.2. The minimum Gasteiger partial charge on any atom is -0.481 e. The van der Waals surface area contributed by atoms with Gasteiger partial charge in [-0.05, 0) is 87.5 Å². The van der Waals surface area contributed by atoms with Gasteiger partial charge in [-0.15, -0.1) is 0 Å². The number of epoxide rings is 1. The molecule has 1 spiro atoms. The summed E-state index contributed by atoms with van der Waals surface area (Å²) in [6.45, 7) is 14.2. The minimum absolute atomic E-state index is 0. The summed E-state index contributed by atoms with van der Waals surface area (Å²) >= 11 is 0. The molecule has 0 aromatic rings. The molecule has 3 saturated heterocycles. The highest BCUT2D eigenvalue weighted by molar-refractivity contribution is 5.72. The third kappa shape index (κ3) is 13.0. The van der Waals surface area contributed by atoms with Crippen LogP contribution in [0.15, 0.2) is 11.6 Å². The molecule has 226 valence electrons. The number of nitrogens with one attached hydrogen (secondary N) is 1. The first-order valence-electron chi connectivity index (χ1n) is 14.1. The molecule has 38 heavy (non-hydrogen) atoms. The number of likely N-dealkylation sites (tertiary alicyclic amines) is 1. The van der Waals surface area contributed by atoms with E-state index in [4.69, 9.17) is 24.4 Å². The van der Waals surface area contributed by atoms with E-state index in [9.17, 15) is 9.59 Å². The highest BCUT2D eigenvalue weighted by Gasteiger charge is 2.59. The molecular weight excluding hydrogens is 488 g/mol. The van der Waals surface area contributed by atoms with E-state index in [0.29, 0.717) is 38.5 Å². The predicted octanol–water partition coefficient (Wildman–Crippen LogP) is 4.13. The van der Waals surface area contributed by atoms with E-state index in [1.54, 1.807) is 6.92 Å². The zero-order valence-electron chi connectivity index (χ0n) is 25.3. The first-order valence-corrected chi connectivity index (χ1v) is 14.1. The molecule has 0 bridgehead atoms. The fourth-order valence-electron chi connectivity index (χ4n) is 4.95. The van der Waals surface area contributed by atoms with Crippen molar-refractivity contribution in [3.63, 3.8) is 0 Å². The van der Waals surface area contributed by atoms with Gasteiger partial charge in [0.25, 0.3) is 0 Å². The fourth-order valence-corrected chi connectivity index (χ4v) is 4.95. The summed E-state index contributed by atoms with van der Waals surface area (Å²) in [6, 6.07) is 0. The molecule has 0 aromatic carbocycles. The van der Waals surface area contributed by atoms with Crippen LogP contribution >= 0.6 is 0 Å². The number of piperidine rings is 1. The number of aliphatic hydroxyl groups is 1. The van der Waals surface area contributed by atoms with Crippen LogP contribution in [0.3, 0.4) is 0 Å². The largest absolute Gasteiger partial charge is 0.481 e. The third-order valence-electron chi connectivity index (χ3n) is 7.40. The van der Waals surface area contributed by atoms with Gasteiger partial charge in [0.15, 0.2) is 0 Å². The number of carbonyl (C=O) groups excluding carboxylic acids is 1. The second-order valence-electron chi connectivity index (χ2n) is 10.6. The lowest BCUT2D eigenvalue weighted by Crippen LogP contribution is -2.56. The minimum atomic E-state index is -0.731. The van der Waals surface area contributed by atoms with Crippen LogP contribution in [-0.2, 0) is 23.8 Å².